The molecule has 0 heterocycles. The van der Waals surface area contributed by atoms with Gasteiger partial charge in [-0.15, -0.1) is 0 Å². The number of hydrogen-bond donors (Lipinski definition) is 0. The summed E-state index contributed by atoms with van der Waals surface area (Å²) in [4.78, 5) is 27.5. The van der Waals surface area contributed by atoms with Gasteiger partial charge in [-0.3, -0.25) is 0 Å². The van der Waals surface area contributed by atoms with Crippen LogP contribution in [0.1, 0.15) is 33.1 Å². The number of isocyanates is 2. The fourth-order valence-corrected chi connectivity index (χ4v) is 2.61. The van der Waals surface area contributed by atoms with Gasteiger partial charge in [0.2, 0.25) is 12.2 Å². The van der Waals surface area contributed by atoms with E-state index in [1.54, 1.807) is 6.08 Å². The van der Waals surface area contributed by atoms with E-state index in [1.807, 2.05) is 6.08 Å². The maximum absolute atomic E-state index is 10.3. The number of carbonyl (C=O) groups excluding carboxylic acids is 2. The van der Waals surface area contributed by atoms with Crippen molar-refractivity contribution < 1.29 is 9.59 Å². The Labute approximate surface area is 95.2 Å². The number of nitrogens with zero attached hydrogens (tertiary/aromatic N) is 2. The highest BCUT2D eigenvalue weighted by Crippen LogP contribution is 2.41. The third-order valence-corrected chi connectivity index (χ3v) is 3.03. The van der Waals surface area contributed by atoms with Crippen LogP contribution < -0.4 is 0 Å². The van der Waals surface area contributed by atoms with Crippen LogP contribution in [0.4, 0.5) is 0 Å². The Morgan fingerprint density at radius 2 is 2.06 bits per heavy atom. The lowest BCUT2D eigenvalue weighted by Crippen LogP contribution is -2.30. The van der Waals surface area contributed by atoms with Gasteiger partial charge in [0.05, 0.1) is 6.04 Å². The van der Waals surface area contributed by atoms with Crippen LogP contribution in [0.2, 0.25) is 0 Å². The first-order chi connectivity index (χ1) is 7.59. The van der Waals surface area contributed by atoms with Crippen LogP contribution in [0.5, 0.6) is 0 Å². The summed E-state index contributed by atoms with van der Waals surface area (Å²) < 4.78 is 0. The molecule has 3 unspecified atom stereocenters. The average Bonchev–Trinajstić information content (AvgIpc) is 2.16. The van der Waals surface area contributed by atoms with Crippen molar-refractivity contribution >= 4 is 12.2 Å². The summed E-state index contributed by atoms with van der Waals surface area (Å²) in [7, 11) is 0. The Bertz CT molecular complexity index is 365. The molecule has 0 aromatic rings. The molecule has 0 radical (unpaired) electrons. The van der Waals surface area contributed by atoms with Crippen LogP contribution in [0, 0.1) is 11.3 Å². The zero-order valence-corrected chi connectivity index (χ0v) is 9.64. The van der Waals surface area contributed by atoms with Gasteiger partial charge in [-0.25, -0.2) is 14.6 Å². The SMILES string of the molecule is CC1CC(N=C=O)CC(C)(/C=C/N=C=O)C1. The first-order valence-corrected chi connectivity index (χ1v) is 5.41. The first kappa shape index (κ1) is 12.6. The summed E-state index contributed by atoms with van der Waals surface area (Å²) in [5.41, 5.74) is -0.0525. The highest BCUT2D eigenvalue weighted by Gasteiger charge is 2.33. The molecular weight excluding hydrogens is 204 g/mol. The van der Waals surface area contributed by atoms with Gasteiger partial charge in [0.1, 0.15) is 0 Å². The van der Waals surface area contributed by atoms with E-state index in [1.165, 1.54) is 12.3 Å². The molecule has 1 aliphatic rings. The summed E-state index contributed by atoms with van der Waals surface area (Å²) >= 11 is 0. The third kappa shape index (κ3) is 3.58. The van der Waals surface area contributed by atoms with Crippen molar-refractivity contribution in [3.63, 3.8) is 0 Å². The molecule has 0 aromatic heterocycles. The van der Waals surface area contributed by atoms with E-state index in [9.17, 15) is 9.59 Å². The highest BCUT2D eigenvalue weighted by molar-refractivity contribution is 5.35. The third-order valence-electron chi connectivity index (χ3n) is 3.03. The highest BCUT2D eigenvalue weighted by atomic mass is 16.1. The zero-order valence-electron chi connectivity index (χ0n) is 9.64. The predicted octanol–water partition coefficient (Wildman–Crippen LogP) is 2.37. The Morgan fingerprint density at radius 3 is 2.69 bits per heavy atom. The molecular formula is C12H16N2O2. The fraction of sp³-hybridized carbons (Fsp3) is 0.667. The minimum absolute atomic E-state index is 0.0381. The fourth-order valence-electron chi connectivity index (χ4n) is 2.61. The van der Waals surface area contributed by atoms with Crippen LogP contribution in [-0.4, -0.2) is 18.2 Å². The van der Waals surface area contributed by atoms with E-state index in [0.29, 0.717) is 5.92 Å². The predicted molar refractivity (Wildman–Crippen MR) is 60.3 cm³/mol. The average molecular weight is 220 g/mol. The number of allylic oxidation sites excluding steroid dienone is 1. The summed E-state index contributed by atoms with van der Waals surface area (Å²) in [6.45, 7) is 4.23. The van der Waals surface area contributed by atoms with Gasteiger partial charge in [-0.1, -0.05) is 19.9 Å². The Balaban J connectivity index is 2.78. The van der Waals surface area contributed by atoms with Gasteiger partial charge in [0, 0.05) is 6.20 Å². The van der Waals surface area contributed by atoms with Gasteiger partial charge in [0.15, 0.2) is 0 Å². The molecule has 0 spiro atoms. The summed E-state index contributed by atoms with van der Waals surface area (Å²) in [6, 6.07) is 0.0381. The molecule has 3 atom stereocenters. The van der Waals surface area contributed by atoms with E-state index in [4.69, 9.17) is 0 Å². The number of hydrogen-bond acceptors (Lipinski definition) is 4. The van der Waals surface area contributed by atoms with Crippen molar-refractivity contribution in [2.75, 3.05) is 0 Å². The van der Waals surface area contributed by atoms with Crippen LogP contribution in [-0.2, 0) is 9.59 Å². The largest absolute Gasteiger partial charge is 0.239 e. The molecule has 1 saturated carbocycles. The standard InChI is InChI=1S/C12H16N2O2/c1-10-5-11(14-9-16)7-12(2,6-10)3-4-13-8-15/h3-4,10-11H,5-7H2,1-2H3/b4-3+. The number of aliphatic imine (C=N–C) groups is 2. The van der Waals surface area contributed by atoms with Gasteiger partial charge in [-0.05, 0) is 30.6 Å². The smallest absolute Gasteiger partial charge is 0.211 e. The molecule has 0 aliphatic heterocycles. The Hall–Kier alpha value is -1.50. The summed E-state index contributed by atoms with van der Waals surface area (Å²) in [5.74, 6) is 0.505. The van der Waals surface area contributed by atoms with Gasteiger partial charge in [-0.2, -0.15) is 4.99 Å². The minimum Gasteiger partial charge on any atom is -0.211 e. The van der Waals surface area contributed by atoms with Gasteiger partial charge in [0.25, 0.3) is 0 Å². The first-order valence-electron chi connectivity index (χ1n) is 5.41. The van der Waals surface area contributed by atoms with E-state index in [2.05, 4.69) is 23.8 Å². The second kappa shape index (κ2) is 5.55. The molecule has 0 aromatic carbocycles. The monoisotopic (exact) mass is 220 g/mol. The normalized spacial score (nSPS) is 34.1. The molecule has 0 N–H and O–H groups in total. The lowest BCUT2D eigenvalue weighted by atomic mass is 9.69. The maximum atomic E-state index is 10.3. The lowest BCUT2D eigenvalue weighted by molar-refractivity contribution is 0.201. The molecule has 1 fully saturated rings. The van der Waals surface area contributed by atoms with Crippen LogP contribution >= 0.6 is 0 Å². The molecule has 4 heteroatoms. The van der Waals surface area contributed by atoms with Crippen molar-refractivity contribution in [1.82, 2.24) is 0 Å². The molecule has 16 heavy (non-hydrogen) atoms. The van der Waals surface area contributed by atoms with E-state index < -0.39 is 0 Å². The van der Waals surface area contributed by atoms with E-state index >= 15 is 0 Å². The maximum Gasteiger partial charge on any atom is 0.239 e. The van der Waals surface area contributed by atoms with E-state index in [0.717, 1.165) is 19.3 Å². The lowest BCUT2D eigenvalue weighted by Gasteiger charge is -2.37. The van der Waals surface area contributed by atoms with Crippen molar-refractivity contribution in [2.24, 2.45) is 21.3 Å². The van der Waals surface area contributed by atoms with Gasteiger partial charge < -0.3 is 0 Å². The minimum atomic E-state index is -0.0525. The molecule has 86 valence electrons. The topological polar surface area (TPSA) is 58.9 Å². The van der Waals surface area contributed by atoms with Crippen molar-refractivity contribution in [1.29, 1.82) is 0 Å². The second-order valence-electron chi connectivity index (χ2n) is 4.81. The van der Waals surface area contributed by atoms with E-state index in [-0.39, 0.29) is 11.5 Å². The zero-order chi connectivity index (χ0) is 12.0. The molecule has 1 aliphatic carbocycles. The molecule has 0 amide bonds. The van der Waals surface area contributed by atoms with Crippen LogP contribution in [0.15, 0.2) is 22.3 Å². The second-order valence-corrected chi connectivity index (χ2v) is 4.81. The van der Waals surface area contributed by atoms with Crippen LogP contribution in [0.3, 0.4) is 0 Å². The summed E-state index contributed by atoms with van der Waals surface area (Å²) in [6.07, 6.45) is 9.23. The Kier molecular flexibility index (Phi) is 4.36. The van der Waals surface area contributed by atoms with Gasteiger partial charge >= 0.3 is 0 Å². The van der Waals surface area contributed by atoms with Crippen molar-refractivity contribution in [3.8, 4) is 0 Å². The number of rotatable bonds is 3. The Morgan fingerprint density at radius 1 is 1.31 bits per heavy atom. The summed E-state index contributed by atoms with van der Waals surface area (Å²) in [5, 5.41) is 0. The van der Waals surface area contributed by atoms with Crippen LogP contribution in [0.25, 0.3) is 0 Å². The van der Waals surface area contributed by atoms with Crippen molar-refractivity contribution in [2.45, 2.75) is 39.2 Å². The quantitative estimate of drug-likeness (QED) is 0.541. The molecule has 0 bridgehead atoms. The molecule has 4 nitrogen and oxygen atoms in total. The van der Waals surface area contributed by atoms with Crippen molar-refractivity contribution in [3.05, 3.63) is 12.3 Å². The molecule has 0 saturated heterocycles. The molecule has 1 rings (SSSR count).